The first-order valence-electron chi connectivity index (χ1n) is 9.39. The summed E-state index contributed by atoms with van der Waals surface area (Å²) >= 11 is 12.1. The Morgan fingerprint density at radius 3 is 2.37 bits per heavy atom. The van der Waals surface area contributed by atoms with E-state index in [9.17, 15) is 4.79 Å². The highest BCUT2D eigenvalue weighted by atomic mass is 35.5. The van der Waals surface area contributed by atoms with Gasteiger partial charge < -0.3 is 5.32 Å². The molecule has 1 N–H and O–H groups in total. The first-order chi connectivity index (χ1) is 14.5. The fourth-order valence-corrected chi connectivity index (χ4v) is 3.63. The van der Waals surface area contributed by atoms with E-state index in [-0.39, 0.29) is 12.5 Å². The fourth-order valence-electron chi connectivity index (χ4n) is 3.11. The van der Waals surface area contributed by atoms with E-state index >= 15 is 0 Å². The minimum atomic E-state index is -0.210. The Morgan fingerprint density at radius 1 is 1.00 bits per heavy atom. The summed E-state index contributed by atoms with van der Waals surface area (Å²) in [5, 5.41) is 8.09. The molecule has 4 aromatic rings. The molecule has 0 spiro atoms. The van der Waals surface area contributed by atoms with Crippen LogP contribution in [-0.2, 0) is 11.3 Å². The van der Waals surface area contributed by atoms with E-state index in [1.54, 1.807) is 6.07 Å². The number of aryl methyl sites for hydroxylation is 1. The molecule has 1 heterocycles. The minimum absolute atomic E-state index is 0.00992. The summed E-state index contributed by atoms with van der Waals surface area (Å²) in [4.78, 5) is 12.6. The molecule has 3 aromatic carbocycles. The topological polar surface area (TPSA) is 51.9 Å². The average molecular weight is 435 g/mol. The van der Waals surface area contributed by atoms with Crippen LogP contribution < -0.4 is 5.32 Å². The number of anilines is 1. The Bertz CT molecular complexity index is 1250. The number of hydrogen-bond donors (Lipinski definition) is 1. The number of halogens is 1. The van der Waals surface area contributed by atoms with Gasteiger partial charge in [0.2, 0.25) is 10.7 Å². The van der Waals surface area contributed by atoms with Crippen LogP contribution in [0.3, 0.4) is 0 Å². The molecule has 0 bridgehead atoms. The first kappa shape index (κ1) is 20.1. The zero-order chi connectivity index (χ0) is 21.1. The van der Waals surface area contributed by atoms with Gasteiger partial charge in [-0.25, -0.2) is 4.68 Å². The van der Waals surface area contributed by atoms with E-state index in [4.69, 9.17) is 23.8 Å². The normalized spacial score (nSPS) is 10.7. The molecule has 0 saturated heterocycles. The Balaban J connectivity index is 1.72. The molecule has 0 atom stereocenters. The van der Waals surface area contributed by atoms with Gasteiger partial charge in [-0.15, -0.1) is 0 Å². The fraction of sp³-hybridized carbons (Fsp3) is 0.0870. The minimum Gasteiger partial charge on any atom is -0.324 e. The lowest BCUT2D eigenvalue weighted by Gasteiger charge is -2.07. The number of aromatic nitrogens is 3. The molecule has 0 radical (unpaired) electrons. The van der Waals surface area contributed by atoms with Gasteiger partial charge in [-0.3, -0.25) is 9.36 Å². The maximum Gasteiger partial charge on any atom is 0.246 e. The lowest BCUT2D eigenvalue weighted by molar-refractivity contribution is -0.116. The van der Waals surface area contributed by atoms with Crippen molar-refractivity contribution in [2.75, 3.05) is 5.32 Å². The second-order valence-corrected chi connectivity index (χ2v) is 7.60. The molecule has 0 aliphatic carbocycles. The molecule has 7 heteroatoms. The smallest absolute Gasteiger partial charge is 0.246 e. The van der Waals surface area contributed by atoms with E-state index in [0.29, 0.717) is 15.6 Å². The number of hydrogen-bond acceptors (Lipinski definition) is 3. The number of nitrogens with one attached hydrogen (secondary N) is 1. The van der Waals surface area contributed by atoms with E-state index in [1.165, 1.54) is 4.68 Å². The summed E-state index contributed by atoms with van der Waals surface area (Å²) in [5.41, 5.74) is 3.45. The van der Waals surface area contributed by atoms with Crippen molar-refractivity contribution in [1.82, 2.24) is 14.3 Å². The van der Waals surface area contributed by atoms with Crippen molar-refractivity contribution in [1.29, 1.82) is 0 Å². The van der Waals surface area contributed by atoms with Gasteiger partial charge in [-0.05, 0) is 55.5 Å². The van der Waals surface area contributed by atoms with Crippen molar-refractivity contribution < 1.29 is 4.79 Å². The zero-order valence-corrected chi connectivity index (χ0v) is 17.8. The first-order valence-corrected chi connectivity index (χ1v) is 10.2. The number of para-hydroxylation sites is 1. The van der Waals surface area contributed by atoms with Crippen molar-refractivity contribution in [2.45, 2.75) is 13.5 Å². The number of rotatable bonds is 5. The lowest BCUT2D eigenvalue weighted by atomic mass is 10.2. The molecule has 0 fully saturated rings. The highest BCUT2D eigenvalue weighted by Gasteiger charge is 2.18. The maximum absolute atomic E-state index is 12.6. The summed E-state index contributed by atoms with van der Waals surface area (Å²) in [6.07, 6.45) is 0. The summed E-state index contributed by atoms with van der Waals surface area (Å²) in [6, 6.07) is 24.7. The molecule has 1 aromatic heterocycles. The van der Waals surface area contributed by atoms with Crippen molar-refractivity contribution >= 4 is 35.4 Å². The van der Waals surface area contributed by atoms with Crippen LogP contribution in [0.2, 0.25) is 5.02 Å². The van der Waals surface area contributed by atoms with E-state index in [2.05, 4.69) is 10.4 Å². The summed E-state index contributed by atoms with van der Waals surface area (Å²) in [5.74, 6) is 0.373. The predicted molar refractivity (Wildman–Crippen MR) is 123 cm³/mol. The second-order valence-electron chi connectivity index (χ2n) is 6.83. The largest absolute Gasteiger partial charge is 0.324 e. The van der Waals surface area contributed by atoms with Gasteiger partial charge >= 0.3 is 0 Å². The maximum atomic E-state index is 12.6. The molecular weight excluding hydrogens is 416 g/mol. The van der Waals surface area contributed by atoms with Crippen LogP contribution in [0.25, 0.3) is 17.1 Å². The third-order valence-corrected chi connectivity index (χ3v) is 5.32. The molecule has 0 aliphatic heterocycles. The Kier molecular flexibility index (Phi) is 5.79. The quantitative estimate of drug-likeness (QED) is 0.411. The number of nitrogens with zero attached hydrogens (tertiary/aromatic N) is 3. The van der Waals surface area contributed by atoms with Crippen LogP contribution in [-0.4, -0.2) is 20.3 Å². The molecule has 1 amide bonds. The number of carbonyl (C=O) groups is 1. The third kappa shape index (κ3) is 4.20. The van der Waals surface area contributed by atoms with Crippen LogP contribution in [0.4, 0.5) is 5.69 Å². The number of carbonyl (C=O) groups excluding carboxylic acids is 1. The zero-order valence-electron chi connectivity index (χ0n) is 16.2. The predicted octanol–water partition coefficient (Wildman–Crippen LogP) is 5.67. The molecule has 30 heavy (non-hydrogen) atoms. The van der Waals surface area contributed by atoms with Gasteiger partial charge in [-0.1, -0.05) is 59.6 Å². The Morgan fingerprint density at radius 2 is 1.67 bits per heavy atom. The van der Waals surface area contributed by atoms with Crippen molar-refractivity contribution in [2.24, 2.45) is 0 Å². The van der Waals surface area contributed by atoms with Crippen molar-refractivity contribution in [3.05, 3.63) is 94.2 Å². The molecular formula is C23H19ClN4OS. The Labute approximate surface area is 184 Å². The van der Waals surface area contributed by atoms with Crippen LogP contribution >= 0.6 is 23.8 Å². The Hall–Kier alpha value is -3.22. The molecule has 0 unspecified atom stereocenters. The standard InChI is InChI=1S/C23H19ClN4OS/c1-16-11-13-17(14-12-16)25-21(29)15-27-23(30)28(18-7-3-2-4-8-18)22(26-27)19-9-5-6-10-20(19)24/h2-14H,15H2,1H3,(H,25,29). The van der Waals surface area contributed by atoms with E-state index in [1.807, 2.05) is 84.3 Å². The van der Waals surface area contributed by atoms with Crippen LogP contribution in [0, 0.1) is 11.7 Å². The van der Waals surface area contributed by atoms with Gasteiger partial charge in [-0.2, -0.15) is 5.10 Å². The van der Waals surface area contributed by atoms with Gasteiger partial charge in [0.1, 0.15) is 6.54 Å². The molecule has 0 aliphatic rings. The SMILES string of the molecule is Cc1ccc(NC(=O)Cn2nc(-c3ccccc3Cl)n(-c3ccccc3)c2=S)cc1. The summed E-state index contributed by atoms with van der Waals surface area (Å²) < 4.78 is 3.76. The van der Waals surface area contributed by atoms with E-state index < -0.39 is 0 Å². The molecule has 5 nitrogen and oxygen atoms in total. The summed E-state index contributed by atoms with van der Waals surface area (Å²) in [7, 11) is 0. The van der Waals surface area contributed by atoms with Gasteiger partial charge in [0.25, 0.3) is 0 Å². The van der Waals surface area contributed by atoms with Crippen LogP contribution in [0.1, 0.15) is 5.56 Å². The molecule has 0 saturated carbocycles. The van der Waals surface area contributed by atoms with Gasteiger partial charge in [0.05, 0.1) is 5.02 Å². The van der Waals surface area contributed by atoms with Gasteiger partial charge in [0, 0.05) is 16.9 Å². The second kappa shape index (κ2) is 8.65. The highest BCUT2D eigenvalue weighted by molar-refractivity contribution is 7.71. The van der Waals surface area contributed by atoms with Gasteiger partial charge in [0.15, 0.2) is 5.82 Å². The third-order valence-electron chi connectivity index (χ3n) is 4.60. The van der Waals surface area contributed by atoms with Crippen molar-refractivity contribution in [3.63, 3.8) is 0 Å². The van der Waals surface area contributed by atoms with E-state index in [0.717, 1.165) is 22.5 Å². The van der Waals surface area contributed by atoms with Crippen LogP contribution in [0.15, 0.2) is 78.9 Å². The van der Waals surface area contributed by atoms with Crippen molar-refractivity contribution in [3.8, 4) is 17.1 Å². The monoisotopic (exact) mass is 434 g/mol. The average Bonchev–Trinajstić information content (AvgIpc) is 3.06. The number of amides is 1. The molecule has 150 valence electrons. The molecule has 4 rings (SSSR count). The number of benzene rings is 3. The van der Waals surface area contributed by atoms with Crippen LogP contribution in [0.5, 0.6) is 0 Å². The summed E-state index contributed by atoms with van der Waals surface area (Å²) in [6.45, 7) is 1.99. The lowest BCUT2D eigenvalue weighted by Crippen LogP contribution is -2.19. The highest BCUT2D eigenvalue weighted by Crippen LogP contribution is 2.28.